The van der Waals surface area contributed by atoms with Crippen LogP contribution in [0.2, 0.25) is 5.15 Å². The predicted molar refractivity (Wildman–Crippen MR) is 86.8 cm³/mol. The number of thioether (sulfide) groups is 1. The van der Waals surface area contributed by atoms with Gasteiger partial charge in [-0.3, -0.25) is 4.98 Å². The van der Waals surface area contributed by atoms with Crippen molar-refractivity contribution in [3.8, 4) is 0 Å². The van der Waals surface area contributed by atoms with Gasteiger partial charge in [0.1, 0.15) is 11.5 Å². The molecule has 0 fully saturated rings. The average molecular weight is 332 g/mol. The maximum absolute atomic E-state index is 5.89. The van der Waals surface area contributed by atoms with Gasteiger partial charge in [0.25, 0.3) is 0 Å². The van der Waals surface area contributed by atoms with Crippen molar-refractivity contribution >= 4 is 23.4 Å². The number of aryl methyl sites for hydroxylation is 2. The first-order valence-electron chi connectivity index (χ1n) is 6.82. The lowest BCUT2D eigenvalue weighted by Crippen LogP contribution is -2.03. The molecule has 0 aliphatic heterocycles. The van der Waals surface area contributed by atoms with E-state index < -0.39 is 0 Å². The zero-order valence-electron chi connectivity index (χ0n) is 11.8. The molecule has 0 saturated carbocycles. The Hall–Kier alpha value is -1.92. The molecule has 0 unspecified atom stereocenters. The number of hydrogen-bond acceptors (Lipinski definition) is 5. The third-order valence-electron chi connectivity index (χ3n) is 3.07. The number of nitrogens with zero attached hydrogens (tertiary/aromatic N) is 5. The van der Waals surface area contributed by atoms with Crippen molar-refractivity contribution in [1.29, 1.82) is 0 Å². The molecule has 3 aromatic rings. The van der Waals surface area contributed by atoms with Gasteiger partial charge in [-0.05, 0) is 29.8 Å². The van der Waals surface area contributed by atoms with Crippen LogP contribution in [0.15, 0.2) is 54.2 Å². The molecule has 0 aliphatic carbocycles. The summed E-state index contributed by atoms with van der Waals surface area (Å²) in [5, 5.41) is 9.57. The largest absolute Gasteiger partial charge is 0.308 e. The predicted octanol–water partition coefficient (Wildman–Crippen LogP) is 3.26. The molecule has 0 bridgehead atoms. The van der Waals surface area contributed by atoms with Gasteiger partial charge in [0.05, 0.1) is 0 Å². The minimum atomic E-state index is 0.509. The van der Waals surface area contributed by atoms with Gasteiger partial charge in [0.15, 0.2) is 5.16 Å². The van der Waals surface area contributed by atoms with E-state index in [0.717, 1.165) is 35.1 Å². The van der Waals surface area contributed by atoms with Crippen molar-refractivity contribution in [3.05, 3.63) is 65.5 Å². The van der Waals surface area contributed by atoms with E-state index in [1.54, 1.807) is 24.3 Å². The van der Waals surface area contributed by atoms with Crippen molar-refractivity contribution in [2.75, 3.05) is 0 Å². The highest BCUT2D eigenvalue weighted by atomic mass is 35.5. The van der Waals surface area contributed by atoms with Crippen LogP contribution < -0.4 is 0 Å². The minimum Gasteiger partial charge on any atom is -0.308 e. The monoisotopic (exact) mass is 331 g/mol. The van der Waals surface area contributed by atoms with Crippen LogP contribution in [-0.2, 0) is 18.7 Å². The second kappa shape index (κ2) is 7.38. The molecule has 0 atom stereocenters. The Kier molecular flexibility index (Phi) is 5.03. The summed E-state index contributed by atoms with van der Waals surface area (Å²) in [6, 6.07) is 9.76. The molecule has 0 aromatic carbocycles. The molecule has 3 aromatic heterocycles. The second-order valence-corrected chi connectivity index (χ2v) is 5.98. The van der Waals surface area contributed by atoms with Crippen LogP contribution in [0.1, 0.15) is 11.3 Å². The van der Waals surface area contributed by atoms with E-state index in [-0.39, 0.29) is 0 Å². The van der Waals surface area contributed by atoms with E-state index in [9.17, 15) is 0 Å². The number of hydrogen-bond donors (Lipinski definition) is 0. The first-order valence-corrected chi connectivity index (χ1v) is 8.18. The van der Waals surface area contributed by atoms with Crippen LogP contribution in [-0.4, -0.2) is 24.7 Å². The molecule has 0 amide bonds. The molecule has 3 heterocycles. The molecular weight excluding hydrogens is 318 g/mol. The Balaban J connectivity index is 1.60. The Bertz CT molecular complexity index is 732. The van der Waals surface area contributed by atoms with Crippen LogP contribution >= 0.6 is 23.4 Å². The average Bonchev–Trinajstić information content (AvgIpc) is 2.99. The molecule has 0 N–H and O–H groups in total. The molecule has 112 valence electrons. The highest BCUT2D eigenvalue weighted by Gasteiger charge is 2.06. The van der Waals surface area contributed by atoms with Crippen LogP contribution in [0.5, 0.6) is 0 Å². The number of pyridine rings is 2. The lowest BCUT2D eigenvalue weighted by atomic mass is 10.3. The highest BCUT2D eigenvalue weighted by Crippen LogP contribution is 2.21. The summed E-state index contributed by atoms with van der Waals surface area (Å²) in [4.78, 5) is 8.31. The maximum atomic E-state index is 5.89. The van der Waals surface area contributed by atoms with Gasteiger partial charge < -0.3 is 4.57 Å². The fraction of sp³-hybridized carbons (Fsp3) is 0.200. The summed E-state index contributed by atoms with van der Waals surface area (Å²) < 4.78 is 2.04. The van der Waals surface area contributed by atoms with Crippen molar-refractivity contribution in [2.24, 2.45) is 0 Å². The molecule has 5 nitrogen and oxygen atoms in total. The van der Waals surface area contributed by atoms with Crippen LogP contribution in [0, 0.1) is 0 Å². The summed E-state index contributed by atoms with van der Waals surface area (Å²) in [6.45, 7) is 0.809. The van der Waals surface area contributed by atoms with Crippen LogP contribution in [0.25, 0.3) is 0 Å². The van der Waals surface area contributed by atoms with Crippen molar-refractivity contribution in [2.45, 2.75) is 23.9 Å². The topological polar surface area (TPSA) is 56.5 Å². The molecule has 0 spiro atoms. The molecular formula is C15H14ClN5S. The van der Waals surface area contributed by atoms with Gasteiger partial charge in [-0.25, -0.2) is 4.98 Å². The number of aromatic nitrogens is 5. The Labute approximate surface area is 137 Å². The highest BCUT2D eigenvalue weighted by molar-refractivity contribution is 7.98. The normalized spacial score (nSPS) is 10.8. The quantitative estimate of drug-likeness (QED) is 0.512. The zero-order chi connectivity index (χ0) is 15.2. The van der Waals surface area contributed by atoms with E-state index in [4.69, 9.17) is 11.6 Å². The van der Waals surface area contributed by atoms with Gasteiger partial charge >= 0.3 is 0 Å². The summed E-state index contributed by atoms with van der Waals surface area (Å²) in [6.07, 6.45) is 6.13. The fourth-order valence-corrected chi connectivity index (χ4v) is 3.05. The Morgan fingerprint density at radius 2 is 2.09 bits per heavy atom. The van der Waals surface area contributed by atoms with Gasteiger partial charge in [0, 0.05) is 36.8 Å². The first kappa shape index (κ1) is 15.0. The van der Waals surface area contributed by atoms with Crippen LogP contribution in [0.4, 0.5) is 0 Å². The summed E-state index contributed by atoms with van der Waals surface area (Å²) in [5.41, 5.74) is 2.18. The van der Waals surface area contributed by atoms with E-state index in [1.807, 2.05) is 41.1 Å². The fourth-order valence-electron chi connectivity index (χ4n) is 1.97. The zero-order valence-corrected chi connectivity index (χ0v) is 13.3. The Morgan fingerprint density at radius 3 is 2.91 bits per heavy atom. The number of halogens is 1. The van der Waals surface area contributed by atoms with E-state index in [2.05, 4.69) is 20.2 Å². The van der Waals surface area contributed by atoms with Gasteiger partial charge in [-0.1, -0.05) is 29.4 Å². The third-order valence-corrected chi connectivity index (χ3v) is 4.33. The standard InChI is InChI=1S/C15H14ClN5S/c16-14-9-12(4-7-18-14)10-22-15-20-19-11-21(15)8-5-13-3-1-2-6-17-13/h1-4,6-7,9,11H,5,8,10H2. The smallest absolute Gasteiger partial charge is 0.191 e. The van der Waals surface area contributed by atoms with Gasteiger partial charge in [-0.2, -0.15) is 0 Å². The molecule has 0 radical (unpaired) electrons. The molecule has 3 rings (SSSR count). The summed E-state index contributed by atoms with van der Waals surface area (Å²) >= 11 is 7.53. The molecule has 22 heavy (non-hydrogen) atoms. The summed E-state index contributed by atoms with van der Waals surface area (Å²) in [7, 11) is 0. The lowest BCUT2D eigenvalue weighted by Gasteiger charge is -2.06. The van der Waals surface area contributed by atoms with Gasteiger partial charge in [-0.15, -0.1) is 10.2 Å². The maximum Gasteiger partial charge on any atom is 0.191 e. The van der Waals surface area contributed by atoms with E-state index >= 15 is 0 Å². The number of rotatable bonds is 6. The minimum absolute atomic E-state index is 0.509. The Morgan fingerprint density at radius 1 is 1.14 bits per heavy atom. The molecule has 7 heteroatoms. The lowest BCUT2D eigenvalue weighted by molar-refractivity contribution is 0.626. The van der Waals surface area contributed by atoms with E-state index in [0.29, 0.717) is 5.15 Å². The van der Waals surface area contributed by atoms with Gasteiger partial charge in [0.2, 0.25) is 0 Å². The molecule has 0 saturated heterocycles. The molecule has 0 aliphatic rings. The summed E-state index contributed by atoms with van der Waals surface area (Å²) in [5.74, 6) is 0.782. The SMILES string of the molecule is Clc1cc(CSc2nncn2CCc2ccccn2)ccn1. The van der Waals surface area contributed by atoms with Crippen LogP contribution in [0.3, 0.4) is 0 Å². The van der Waals surface area contributed by atoms with Crippen molar-refractivity contribution in [1.82, 2.24) is 24.7 Å². The van der Waals surface area contributed by atoms with Crippen molar-refractivity contribution < 1.29 is 0 Å². The van der Waals surface area contributed by atoms with Crippen molar-refractivity contribution in [3.63, 3.8) is 0 Å². The first-order chi connectivity index (χ1) is 10.8. The second-order valence-electron chi connectivity index (χ2n) is 4.65. The third kappa shape index (κ3) is 4.05. The van der Waals surface area contributed by atoms with E-state index in [1.165, 1.54) is 0 Å².